The third kappa shape index (κ3) is 5.81. The average Bonchev–Trinajstić information content (AvgIpc) is 2.66. The highest BCUT2D eigenvalue weighted by Gasteiger charge is 2.08. The number of benzene rings is 2. The van der Waals surface area contributed by atoms with Crippen molar-refractivity contribution in [2.24, 2.45) is 0 Å². The zero-order valence-electron chi connectivity index (χ0n) is 14.9. The second kappa shape index (κ2) is 10.1. The minimum absolute atomic E-state index is 0.288. The van der Waals surface area contributed by atoms with Crippen molar-refractivity contribution in [3.63, 3.8) is 0 Å². The molecule has 0 aliphatic rings. The van der Waals surface area contributed by atoms with E-state index >= 15 is 0 Å². The first-order chi connectivity index (χ1) is 12.6. The number of rotatable bonds is 9. The molecule has 0 amide bonds. The fraction of sp³-hybridized carbons (Fsp3) is 0.300. The van der Waals surface area contributed by atoms with Crippen molar-refractivity contribution in [3.8, 4) is 11.5 Å². The fourth-order valence-electron chi connectivity index (χ4n) is 2.17. The summed E-state index contributed by atoms with van der Waals surface area (Å²) >= 11 is 0. The highest BCUT2D eigenvalue weighted by atomic mass is 16.5. The van der Waals surface area contributed by atoms with Crippen LogP contribution in [-0.2, 0) is 9.47 Å². The Bertz CT molecular complexity index is 677. The fourth-order valence-corrected chi connectivity index (χ4v) is 2.17. The predicted molar refractivity (Wildman–Crippen MR) is 95.8 cm³/mol. The van der Waals surface area contributed by atoms with E-state index in [1.807, 2.05) is 0 Å². The van der Waals surface area contributed by atoms with Crippen LogP contribution in [0.2, 0.25) is 0 Å². The summed E-state index contributed by atoms with van der Waals surface area (Å²) < 4.78 is 21.1. The summed E-state index contributed by atoms with van der Waals surface area (Å²) in [6.07, 6.45) is 0. The van der Waals surface area contributed by atoms with Crippen LogP contribution in [0.5, 0.6) is 11.5 Å². The van der Waals surface area contributed by atoms with Gasteiger partial charge in [-0.2, -0.15) is 0 Å². The SMILES string of the molecule is CCOC(=O)c1cccc(OCCOc2cccc(C(=O)OCC)c2)c1. The Morgan fingerprint density at radius 3 is 1.54 bits per heavy atom. The molecule has 0 bridgehead atoms. The molecule has 0 fully saturated rings. The smallest absolute Gasteiger partial charge is 0.338 e. The van der Waals surface area contributed by atoms with Crippen molar-refractivity contribution < 1.29 is 28.5 Å². The normalized spacial score (nSPS) is 10.1. The molecule has 6 nitrogen and oxygen atoms in total. The van der Waals surface area contributed by atoms with Gasteiger partial charge in [0.2, 0.25) is 0 Å². The van der Waals surface area contributed by atoms with Crippen molar-refractivity contribution in [1.82, 2.24) is 0 Å². The third-order valence-corrected chi connectivity index (χ3v) is 3.31. The van der Waals surface area contributed by atoms with Gasteiger partial charge in [0.05, 0.1) is 24.3 Å². The Morgan fingerprint density at radius 1 is 0.731 bits per heavy atom. The predicted octanol–water partition coefficient (Wildman–Crippen LogP) is 3.50. The maximum Gasteiger partial charge on any atom is 0.338 e. The van der Waals surface area contributed by atoms with Crippen LogP contribution in [0, 0.1) is 0 Å². The Labute approximate surface area is 152 Å². The van der Waals surface area contributed by atoms with E-state index in [4.69, 9.17) is 18.9 Å². The molecule has 0 N–H and O–H groups in total. The lowest BCUT2D eigenvalue weighted by atomic mass is 10.2. The molecule has 0 atom stereocenters. The van der Waals surface area contributed by atoms with Gasteiger partial charge in [0.15, 0.2) is 0 Å². The molecule has 138 valence electrons. The highest BCUT2D eigenvalue weighted by molar-refractivity contribution is 5.90. The molecule has 0 radical (unpaired) electrons. The Hall–Kier alpha value is -3.02. The first-order valence-corrected chi connectivity index (χ1v) is 8.44. The van der Waals surface area contributed by atoms with Crippen molar-refractivity contribution in [2.45, 2.75) is 13.8 Å². The van der Waals surface area contributed by atoms with Crippen molar-refractivity contribution in [3.05, 3.63) is 59.7 Å². The van der Waals surface area contributed by atoms with E-state index in [1.165, 1.54) is 0 Å². The molecule has 0 saturated carbocycles. The monoisotopic (exact) mass is 358 g/mol. The van der Waals surface area contributed by atoms with E-state index in [0.717, 1.165) is 0 Å². The Balaban J connectivity index is 1.84. The maximum absolute atomic E-state index is 11.7. The minimum Gasteiger partial charge on any atom is -0.490 e. The van der Waals surface area contributed by atoms with Crippen LogP contribution < -0.4 is 9.47 Å². The summed E-state index contributed by atoms with van der Waals surface area (Å²) in [5.41, 5.74) is 0.875. The molecule has 26 heavy (non-hydrogen) atoms. The summed E-state index contributed by atoms with van der Waals surface area (Å²) in [5.74, 6) is 0.341. The van der Waals surface area contributed by atoms with E-state index in [9.17, 15) is 9.59 Å². The molecule has 2 aromatic carbocycles. The third-order valence-electron chi connectivity index (χ3n) is 3.31. The lowest BCUT2D eigenvalue weighted by molar-refractivity contribution is 0.0516. The van der Waals surface area contributed by atoms with Crippen LogP contribution >= 0.6 is 0 Å². The minimum atomic E-state index is -0.384. The molecule has 0 aliphatic heterocycles. The number of carbonyl (C=O) groups excluding carboxylic acids is 2. The van der Waals surface area contributed by atoms with E-state index in [0.29, 0.717) is 35.8 Å². The van der Waals surface area contributed by atoms with Gasteiger partial charge in [-0.05, 0) is 50.2 Å². The number of carbonyl (C=O) groups is 2. The van der Waals surface area contributed by atoms with E-state index in [2.05, 4.69) is 0 Å². The quantitative estimate of drug-likeness (QED) is 0.505. The van der Waals surface area contributed by atoms with E-state index in [1.54, 1.807) is 62.4 Å². The van der Waals surface area contributed by atoms with Crippen LogP contribution in [-0.4, -0.2) is 38.4 Å². The zero-order chi connectivity index (χ0) is 18.8. The summed E-state index contributed by atoms with van der Waals surface area (Å²) in [5, 5.41) is 0. The molecule has 0 unspecified atom stereocenters. The Kier molecular flexibility index (Phi) is 7.49. The molecule has 0 aromatic heterocycles. The van der Waals surface area contributed by atoms with Gasteiger partial charge in [-0.3, -0.25) is 0 Å². The van der Waals surface area contributed by atoms with Gasteiger partial charge in [0, 0.05) is 0 Å². The first-order valence-electron chi connectivity index (χ1n) is 8.44. The van der Waals surface area contributed by atoms with Crippen LogP contribution in [0.3, 0.4) is 0 Å². The van der Waals surface area contributed by atoms with Gasteiger partial charge in [-0.1, -0.05) is 12.1 Å². The van der Waals surface area contributed by atoms with Crippen LogP contribution in [0.4, 0.5) is 0 Å². The van der Waals surface area contributed by atoms with Crippen LogP contribution in [0.1, 0.15) is 34.6 Å². The first kappa shape index (κ1) is 19.3. The van der Waals surface area contributed by atoms with Gasteiger partial charge in [-0.15, -0.1) is 0 Å². The molecule has 0 aliphatic carbocycles. The van der Waals surface area contributed by atoms with Gasteiger partial charge >= 0.3 is 11.9 Å². The van der Waals surface area contributed by atoms with E-state index in [-0.39, 0.29) is 25.2 Å². The zero-order valence-corrected chi connectivity index (χ0v) is 14.9. The van der Waals surface area contributed by atoms with Crippen molar-refractivity contribution in [2.75, 3.05) is 26.4 Å². The van der Waals surface area contributed by atoms with Gasteiger partial charge < -0.3 is 18.9 Å². The lowest BCUT2D eigenvalue weighted by Crippen LogP contribution is -2.10. The molecule has 0 spiro atoms. The molecule has 2 rings (SSSR count). The Morgan fingerprint density at radius 2 is 1.15 bits per heavy atom. The van der Waals surface area contributed by atoms with Crippen LogP contribution in [0.15, 0.2) is 48.5 Å². The van der Waals surface area contributed by atoms with Crippen molar-refractivity contribution >= 4 is 11.9 Å². The molecule has 0 heterocycles. The number of hydrogen-bond acceptors (Lipinski definition) is 6. The topological polar surface area (TPSA) is 71.1 Å². The summed E-state index contributed by atoms with van der Waals surface area (Å²) in [6.45, 7) is 4.73. The second-order valence-corrected chi connectivity index (χ2v) is 5.19. The molecule has 6 heteroatoms. The standard InChI is InChI=1S/C20H22O6/c1-3-23-19(21)15-7-5-9-17(13-15)25-11-12-26-18-10-6-8-16(14-18)20(22)24-4-2/h5-10,13-14H,3-4,11-12H2,1-2H3. The number of esters is 2. The van der Waals surface area contributed by atoms with Gasteiger partial charge in [0.1, 0.15) is 24.7 Å². The lowest BCUT2D eigenvalue weighted by Gasteiger charge is -2.10. The average molecular weight is 358 g/mol. The van der Waals surface area contributed by atoms with Crippen molar-refractivity contribution in [1.29, 1.82) is 0 Å². The maximum atomic E-state index is 11.7. The van der Waals surface area contributed by atoms with Gasteiger partial charge in [0.25, 0.3) is 0 Å². The summed E-state index contributed by atoms with van der Waals surface area (Å²) in [4.78, 5) is 23.4. The molecular formula is C20H22O6. The molecule has 0 saturated heterocycles. The molecular weight excluding hydrogens is 336 g/mol. The van der Waals surface area contributed by atoms with E-state index < -0.39 is 0 Å². The molecule has 2 aromatic rings. The summed E-state index contributed by atoms with van der Waals surface area (Å²) in [6, 6.07) is 13.5. The second-order valence-electron chi connectivity index (χ2n) is 5.19. The number of hydrogen-bond donors (Lipinski definition) is 0. The number of ether oxygens (including phenoxy) is 4. The summed E-state index contributed by atoms with van der Waals surface area (Å²) in [7, 11) is 0. The van der Waals surface area contributed by atoms with Crippen LogP contribution in [0.25, 0.3) is 0 Å². The highest BCUT2D eigenvalue weighted by Crippen LogP contribution is 2.16. The largest absolute Gasteiger partial charge is 0.490 e. The van der Waals surface area contributed by atoms with Gasteiger partial charge in [-0.25, -0.2) is 9.59 Å².